The molecule has 7 aliphatic rings. The first-order valence-corrected chi connectivity index (χ1v) is 17.0. The predicted octanol–water partition coefficient (Wildman–Crippen LogP) is 4.07. The van der Waals surface area contributed by atoms with Crippen LogP contribution in [0.15, 0.2) is 13.5 Å². The molecule has 0 aromatic carbocycles. The Hall–Kier alpha value is 0.450. The zero-order chi connectivity index (χ0) is 19.8. The van der Waals surface area contributed by atoms with Gasteiger partial charge in [0.25, 0.3) is 0 Å². The Morgan fingerprint density at radius 2 is 0.533 bits per heavy atom. The normalized spacial score (nSPS) is 42.8. The van der Waals surface area contributed by atoms with Crippen LogP contribution in [0.3, 0.4) is 0 Å². The van der Waals surface area contributed by atoms with Crippen molar-refractivity contribution < 1.29 is 0 Å². The Labute approximate surface area is 181 Å². The topological polar surface area (TPSA) is 55.6 Å². The summed E-state index contributed by atoms with van der Waals surface area (Å²) >= 11 is 0. The van der Waals surface area contributed by atoms with Crippen LogP contribution in [0, 0.1) is 0 Å². The Balaban J connectivity index is 1.48. The van der Waals surface area contributed by atoms with Crippen molar-refractivity contribution in [2.75, 3.05) is 78.5 Å². The van der Waals surface area contributed by atoms with Gasteiger partial charge in [-0.25, -0.2) is 28.0 Å². The summed E-state index contributed by atoms with van der Waals surface area (Å²) < 4.78 is 34.1. The van der Waals surface area contributed by atoms with Gasteiger partial charge in [-0.2, -0.15) is 13.5 Å². The van der Waals surface area contributed by atoms with E-state index in [-0.39, 0.29) is 0 Å². The number of piperidine rings is 2. The van der Waals surface area contributed by atoms with Gasteiger partial charge >= 0.3 is 0 Å². The lowest BCUT2D eigenvalue weighted by Crippen LogP contribution is -2.33. The lowest BCUT2D eigenvalue weighted by molar-refractivity contribution is 0.350. The van der Waals surface area contributed by atoms with Gasteiger partial charge in [0.15, 0.2) is 0 Å². The molecule has 7 rings (SSSR count). The highest BCUT2D eigenvalue weighted by atomic mass is 31.3. The van der Waals surface area contributed by atoms with E-state index in [1.54, 1.807) is 0 Å². The van der Waals surface area contributed by atoms with Gasteiger partial charge in [0, 0.05) is 78.5 Å². The minimum atomic E-state index is -2.02. The molecule has 12 heteroatoms. The molecule has 2 unspecified atom stereocenters. The Morgan fingerprint density at radius 1 is 0.300 bits per heavy atom. The van der Waals surface area contributed by atoms with E-state index in [0.29, 0.717) is 0 Å². The van der Waals surface area contributed by atoms with Crippen molar-refractivity contribution in [3.8, 4) is 0 Å². The molecule has 0 amide bonds. The van der Waals surface area contributed by atoms with Crippen molar-refractivity contribution in [1.82, 2.24) is 28.0 Å². The monoisotopic (exact) mass is 471 g/mol. The minimum Gasteiger partial charge on any atom is -0.240 e. The number of hydrogen-bond acceptors (Lipinski definition) is 9. The van der Waals surface area contributed by atoms with Crippen LogP contribution < -0.4 is 0 Å². The highest BCUT2D eigenvalue weighted by Gasteiger charge is 2.57. The van der Waals surface area contributed by atoms with Crippen LogP contribution in [0.25, 0.3) is 0 Å². The van der Waals surface area contributed by atoms with Crippen LogP contribution in [-0.2, 0) is 0 Å². The molecule has 30 heavy (non-hydrogen) atoms. The minimum absolute atomic E-state index is 1.19. The molecular formula is C18H36N9P3. The fourth-order valence-electron chi connectivity index (χ4n) is 5.30. The molecular weight excluding hydrogens is 435 g/mol. The van der Waals surface area contributed by atoms with E-state index >= 15 is 0 Å². The molecule has 9 nitrogen and oxygen atoms in total. The van der Waals surface area contributed by atoms with Crippen molar-refractivity contribution >= 4 is 22.5 Å². The first-order valence-electron chi connectivity index (χ1n) is 12.2. The largest absolute Gasteiger partial charge is 0.240 e. The zero-order valence-corrected chi connectivity index (χ0v) is 20.8. The smallest absolute Gasteiger partial charge is 0.221 e. The Morgan fingerprint density at radius 3 is 0.767 bits per heavy atom. The average Bonchev–Trinajstić information content (AvgIpc) is 3.62. The summed E-state index contributed by atoms with van der Waals surface area (Å²) in [5.41, 5.74) is 0. The van der Waals surface area contributed by atoms with Crippen LogP contribution in [0.5, 0.6) is 0 Å². The molecule has 0 aliphatic carbocycles. The van der Waals surface area contributed by atoms with Crippen molar-refractivity contribution in [3.05, 3.63) is 0 Å². The molecule has 6 fully saturated rings. The highest BCUT2D eigenvalue weighted by Crippen LogP contribution is 2.86. The van der Waals surface area contributed by atoms with Crippen molar-refractivity contribution in [2.45, 2.75) is 38.5 Å². The lowest BCUT2D eigenvalue weighted by Gasteiger charge is -2.46. The maximum Gasteiger partial charge on any atom is 0.221 e. The van der Waals surface area contributed by atoms with Crippen LogP contribution in [-0.4, -0.2) is 107 Å². The second kappa shape index (κ2) is 7.22. The molecule has 0 radical (unpaired) electrons. The molecule has 6 saturated heterocycles. The summed E-state index contributed by atoms with van der Waals surface area (Å²) in [6.45, 7) is 14.3. The molecule has 0 spiro atoms. The first kappa shape index (κ1) is 19.9. The lowest BCUT2D eigenvalue weighted by atomic mass is 10.2. The number of rotatable bonds is 6. The number of hydrogen-bond donors (Lipinski definition) is 0. The molecule has 0 aromatic heterocycles. The van der Waals surface area contributed by atoms with Crippen molar-refractivity contribution in [2.24, 2.45) is 13.5 Å². The van der Waals surface area contributed by atoms with Gasteiger partial charge in [-0.15, -0.1) is 0 Å². The molecule has 0 bridgehead atoms. The van der Waals surface area contributed by atoms with E-state index in [0.717, 1.165) is 0 Å². The summed E-state index contributed by atoms with van der Waals surface area (Å²) in [6, 6.07) is 0. The SMILES string of the molecule is C1CCN(P2(N3CC3)=NP(N3CCCCC3)(N3CC3)=NP(N3CC3)(N3CC3)=N2)CC1. The van der Waals surface area contributed by atoms with Crippen LogP contribution in [0.2, 0.25) is 0 Å². The van der Waals surface area contributed by atoms with Crippen LogP contribution in [0.4, 0.5) is 0 Å². The van der Waals surface area contributed by atoms with E-state index in [1.807, 2.05) is 0 Å². The standard InChI is InChI=1S/C18H36N9P3/c1-3-7-22(8-4-1)28(24-11-12-24)19-29(25-13-14-25,23-9-5-2-6-10-23)21-30(20-28,26-15-16-26)27-17-18-27/h1-18H2. The van der Waals surface area contributed by atoms with E-state index in [1.165, 1.54) is 117 Å². The third-order valence-corrected chi connectivity index (χ3v) is 20.1. The third kappa shape index (κ3) is 3.15. The number of nitrogens with zero attached hydrogens (tertiary/aromatic N) is 9. The van der Waals surface area contributed by atoms with Gasteiger partial charge in [-0.3, -0.25) is 0 Å². The summed E-state index contributed by atoms with van der Waals surface area (Å²) in [5.74, 6) is 0. The van der Waals surface area contributed by atoms with Gasteiger partial charge in [-0.1, -0.05) is 12.8 Å². The second-order valence-corrected chi connectivity index (χ2v) is 18.5. The van der Waals surface area contributed by atoms with Gasteiger partial charge in [0.2, 0.25) is 22.5 Å². The molecule has 0 aromatic rings. The van der Waals surface area contributed by atoms with Crippen LogP contribution >= 0.6 is 22.5 Å². The van der Waals surface area contributed by atoms with Gasteiger partial charge in [-0.05, 0) is 25.7 Å². The third-order valence-electron chi connectivity index (χ3n) is 7.36. The summed E-state index contributed by atoms with van der Waals surface area (Å²) in [7, 11) is -6.01. The molecule has 168 valence electrons. The molecule has 2 atom stereocenters. The quantitative estimate of drug-likeness (QED) is 0.430. The predicted molar refractivity (Wildman–Crippen MR) is 125 cm³/mol. The molecule has 0 saturated carbocycles. The fourth-order valence-corrected chi connectivity index (χ4v) is 21.2. The van der Waals surface area contributed by atoms with Gasteiger partial charge < -0.3 is 0 Å². The highest BCUT2D eigenvalue weighted by molar-refractivity contribution is 7.83. The van der Waals surface area contributed by atoms with E-state index in [4.69, 9.17) is 13.5 Å². The Kier molecular flexibility index (Phi) is 4.79. The first-order chi connectivity index (χ1) is 14.8. The fraction of sp³-hybridized carbons (Fsp3) is 1.00. The summed E-state index contributed by atoms with van der Waals surface area (Å²) in [4.78, 5) is 0. The molecule has 0 N–H and O–H groups in total. The van der Waals surface area contributed by atoms with Crippen molar-refractivity contribution in [1.29, 1.82) is 0 Å². The van der Waals surface area contributed by atoms with E-state index in [9.17, 15) is 0 Å². The van der Waals surface area contributed by atoms with Crippen LogP contribution in [0.1, 0.15) is 38.5 Å². The zero-order valence-electron chi connectivity index (χ0n) is 18.1. The molecule has 7 heterocycles. The van der Waals surface area contributed by atoms with E-state index < -0.39 is 22.5 Å². The molecule has 7 aliphatic heterocycles. The Bertz CT molecular complexity index is 826. The summed E-state index contributed by atoms with van der Waals surface area (Å²) in [6.07, 6.45) is 8.01. The van der Waals surface area contributed by atoms with Crippen molar-refractivity contribution in [3.63, 3.8) is 0 Å². The maximum absolute atomic E-state index is 6.00. The van der Waals surface area contributed by atoms with Gasteiger partial charge in [0.05, 0.1) is 0 Å². The second-order valence-electron chi connectivity index (χ2n) is 9.72. The summed E-state index contributed by atoms with van der Waals surface area (Å²) in [5, 5.41) is 0. The average molecular weight is 471 g/mol. The van der Waals surface area contributed by atoms with E-state index in [2.05, 4.69) is 28.0 Å². The maximum atomic E-state index is 6.00. The van der Waals surface area contributed by atoms with Gasteiger partial charge in [0.1, 0.15) is 0 Å².